The number of benzene rings is 2. The first-order chi connectivity index (χ1) is 14.1. The van der Waals surface area contributed by atoms with Crippen LogP contribution in [0.3, 0.4) is 0 Å². The summed E-state index contributed by atoms with van der Waals surface area (Å²) in [6.07, 6.45) is 1.48. The van der Waals surface area contributed by atoms with Gasteiger partial charge in [-0.1, -0.05) is 31.2 Å². The van der Waals surface area contributed by atoms with E-state index in [-0.39, 0.29) is 12.5 Å². The molecule has 6 nitrogen and oxygen atoms in total. The third kappa shape index (κ3) is 5.75. The fraction of sp³-hybridized carbons (Fsp3) is 0.435. The summed E-state index contributed by atoms with van der Waals surface area (Å²) >= 11 is 0. The second kappa shape index (κ2) is 9.98. The molecule has 0 heterocycles. The van der Waals surface area contributed by atoms with E-state index < -0.39 is 16.1 Å². The van der Waals surface area contributed by atoms with E-state index in [4.69, 9.17) is 4.74 Å². The Bertz CT molecular complexity index is 1000. The fourth-order valence-electron chi connectivity index (χ4n) is 3.33. The molecule has 2 aromatic carbocycles. The van der Waals surface area contributed by atoms with Crippen molar-refractivity contribution < 1.29 is 17.9 Å². The van der Waals surface area contributed by atoms with Crippen LogP contribution in [0.15, 0.2) is 36.4 Å². The minimum atomic E-state index is -3.66. The summed E-state index contributed by atoms with van der Waals surface area (Å²) < 4.78 is 32.2. The van der Waals surface area contributed by atoms with Gasteiger partial charge in [-0.25, -0.2) is 8.42 Å². The van der Waals surface area contributed by atoms with E-state index in [9.17, 15) is 13.2 Å². The molecule has 0 aliphatic carbocycles. The minimum absolute atomic E-state index is 0.285. The van der Waals surface area contributed by atoms with Gasteiger partial charge >= 0.3 is 0 Å². The summed E-state index contributed by atoms with van der Waals surface area (Å²) in [4.78, 5) is 12.9. The molecule has 30 heavy (non-hydrogen) atoms. The maximum Gasteiger partial charge on any atom is 0.244 e. The van der Waals surface area contributed by atoms with Gasteiger partial charge < -0.3 is 10.1 Å². The van der Waals surface area contributed by atoms with E-state index in [0.717, 1.165) is 34.3 Å². The molecule has 0 spiro atoms. The molecular formula is C23H32N2O4S. The number of rotatable bonds is 9. The zero-order chi connectivity index (χ0) is 22.5. The van der Waals surface area contributed by atoms with Crippen molar-refractivity contribution >= 4 is 21.6 Å². The van der Waals surface area contributed by atoms with Gasteiger partial charge in [0.05, 0.1) is 18.5 Å². The van der Waals surface area contributed by atoms with Crippen molar-refractivity contribution in [2.24, 2.45) is 0 Å². The summed E-state index contributed by atoms with van der Waals surface area (Å²) in [6, 6.07) is 10.6. The molecule has 0 saturated carbocycles. The van der Waals surface area contributed by atoms with E-state index in [0.29, 0.717) is 18.7 Å². The van der Waals surface area contributed by atoms with Gasteiger partial charge in [-0.15, -0.1) is 0 Å². The third-order valence-corrected chi connectivity index (χ3v) is 6.31. The van der Waals surface area contributed by atoms with Crippen molar-refractivity contribution in [3.05, 3.63) is 58.7 Å². The molecule has 0 radical (unpaired) electrons. The molecule has 0 fully saturated rings. The summed E-state index contributed by atoms with van der Waals surface area (Å²) in [5.41, 5.74) is 4.47. The molecule has 2 rings (SSSR count). The molecule has 0 saturated heterocycles. The number of aryl methyl sites for hydroxylation is 3. The van der Waals surface area contributed by atoms with Crippen LogP contribution in [0.4, 0.5) is 5.69 Å². The summed E-state index contributed by atoms with van der Waals surface area (Å²) in [5.74, 6) is 0.442. The average Bonchev–Trinajstić information content (AvgIpc) is 2.67. The minimum Gasteiger partial charge on any atom is -0.491 e. The smallest absolute Gasteiger partial charge is 0.244 e. The molecule has 0 aliphatic rings. The first-order valence-corrected chi connectivity index (χ1v) is 11.9. The highest BCUT2D eigenvalue weighted by atomic mass is 32.2. The predicted molar refractivity (Wildman–Crippen MR) is 122 cm³/mol. The molecule has 1 N–H and O–H groups in total. The molecule has 7 heteroatoms. The number of nitrogens with one attached hydrogen (secondary N) is 1. The number of nitrogens with zero attached hydrogens (tertiary/aromatic N) is 1. The summed E-state index contributed by atoms with van der Waals surface area (Å²) in [5, 5.41) is 2.82. The van der Waals surface area contributed by atoms with E-state index in [1.807, 2.05) is 58.0 Å². The Morgan fingerprint density at radius 1 is 1.10 bits per heavy atom. The zero-order valence-corrected chi connectivity index (χ0v) is 19.5. The van der Waals surface area contributed by atoms with Crippen molar-refractivity contribution in [1.82, 2.24) is 5.32 Å². The Morgan fingerprint density at radius 2 is 1.80 bits per heavy atom. The van der Waals surface area contributed by atoms with Crippen LogP contribution in [0.2, 0.25) is 0 Å². The Labute approximate surface area is 180 Å². The number of amides is 1. The Balaban J connectivity index is 2.12. The molecule has 2 aromatic rings. The van der Waals surface area contributed by atoms with Gasteiger partial charge in [-0.05, 0) is 68.5 Å². The molecule has 1 atom stereocenters. The normalized spacial score (nSPS) is 12.3. The maximum absolute atomic E-state index is 12.9. The molecule has 0 aliphatic heterocycles. The Kier molecular flexibility index (Phi) is 7.89. The second-order valence-corrected chi connectivity index (χ2v) is 9.47. The Hall–Kier alpha value is -2.54. The van der Waals surface area contributed by atoms with E-state index in [1.165, 1.54) is 4.31 Å². The Morgan fingerprint density at radius 3 is 2.43 bits per heavy atom. The van der Waals surface area contributed by atoms with Gasteiger partial charge in [-0.3, -0.25) is 9.10 Å². The first-order valence-electron chi connectivity index (χ1n) is 10.1. The SMILES string of the molecule is CCC(C(=O)NCCOc1cccc(C)c1C)N(c1cc(C)ccc1C)S(C)(=O)=O. The molecule has 1 amide bonds. The highest BCUT2D eigenvalue weighted by Crippen LogP contribution is 2.27. The van der Waals surface area contributed by atoms with E-state index in [1.54, 1.807) is 13.0 Å². The lowest BCUT2D eigenvalue weighted by molar-refractivity contribution is -0.122. The lowest BCUT2D eigenvalue weighted by atomic mass is 10.1. The number of hydrogen-bond acceptors (Lipinski definition) is 4. The number of carbonyl (C=O) groups excluding carboxylic acids is 1. The number of anilines is 1. The monoisotopic (exact) mass is 432 g/mol. The molecule has 1 unspecified atom stereocenters. The lowest BCUT2D eigenvalue weighted by Gasteiger charge is -2.31. The van der Waals surface area contributed by atoms with Crippen LogP contribution in [0.25, 0.3) is 0 Å². The number of hydrogen-bond donors (Lipinski definition) is 1. The largest absolute Gasteiger partial charge is 0.491 e. The molecule has 0 aromatic heterocycles. The standard InChI is InChI=1S/C23H32N2O4S/c1-7-20(25(30(6,27)28)21-15-16(2)11-12-18(21)4)23(26)24-13-14-29-22-10-8-9-17(3)19(22)5/h8-12,15,20H,7,13-14H2,1-6H3,(H,24,26). The third-order valence-electron chi connectivity index (χ3n) is 5.15. The van der Waals surface area contributed by atoms with Crippen LogP contribution >= 0.6 is 0 Å². The van der Waals surface area contributed by atoms with Crippen molar-refractivity contribution in [3.63, 3.8) is 0 Å². The quantitative estimate of drug-likeness (QED) is 0.614. The van der Waals surface area contributed by atoms with Crippen LogP contribution in [0.1, 0.15) is 35.6 Å². The van der Waals surface area contributed by atoms with Crippen LogP contribution in [0.5, 0.6) is 5.75 Å². The van der Waals surface area contributed by atoms with E-state index in [2.05, 4.69) is 5.32 Å². The van der Waals surface area contributed by atoms with E-state index >= 15 is 0 Å². The van der Waals surface area contributed by atoms with Gasteiger partial charge in [0, 0.05) is 0 Å². The second-order valence-electron chi connectivity index (χ2n) is 7.61. The zero-order valence-electron chi connectivity index (χ0n) is 18.7. The van der Waals surface area contributed by atoms with Crippen molar-refractivity contribution in [3.8, 4) is 5.75 Å². The molecule has 164 valence electrons. The summed E-state index contributed by atoms with van der Waals surface area (Å²) in [7, 11) is -3.66. The van der Waals surface area contributed by atoms with Gasteiger partial charge in [0.2, 0.25) is 15.9 Å². The number of carbonyl (C=O) groups is 1. The number of ether oxygens (including phenoxy) is 1. The lowest BCUT2D eigenvalue weighted by Crippen LogP contribution is -2.50. The first kappa shape index (κ1) is 23.7. The fourth-order valence-corrected chi connectivity index (χ4v) is 4.59. The van der Waals surface area contributed by atoms with Gasteiger partial charge in [0.25, 0.3) is 0 Å². The maximum atomic E-state index is 12.9. The van der Waals surface area contributed by atoms with Crippen LogP contribution in [-0.2, 0) is 14.8 Å². The average molecular weight is 433 g/mol. The van der Waals surface area contributed by atoms with Crippen LogP contribution in [-0.4, -0.2) is 39.8 Å². The summed E-state index contributed by atoms with van der Waals surface area (Å²) in [6.45, 7) is 10.1. The van der Waals surface area contributed by atoms with Crippen molar-refractivity contribution in [1.29, 1.82) is 0 Å². The molecular weight excluding hydrogens is 400 g/mol. The highest BCUT2D eigenvalue weighted by Gasteiger charge is 2.32. The van der Waals surface area contributed by atoms with Crippen LogP contribution < -0.4 is 14.4 Å². The van der Waals surface area contributed by atoms with Gasteiger partial charge in [-0.2, -0.15) is 0 Å². The van der Waals surface area contributed by atoms with Gasteiger partial charge in [0.15, 0.2) is 0 Å². The number of sulfonamides is 1. The topological polar surface area (TPSA) is 75.7 Å². The molecule has 0 bridgehead atoms. The van der Waals surface area contributed by atoms with Crippen LogP contribution in [0, 0.1) is 27.7 Å². The van der Waals surface area contributed by atoms with Crippen molar-refractivity contribution in [2.45, 2.75) is 47.1 Å². The van der Waals surface area contributed by atoms with Crippen molar-refractivity contribution in [2.75, 3.05) is 23.7 Å². The predicted octanol–water partition coefficient (Wildman–Crippen LogP) is 3.66. The highest BCUT2D eigenvalue weighted by molar-refractivity contribution is 7.92. The van der Waals surface area contributed by atoms with Gasteiger partial charge in [0.1, 0.15) is 18.4 Å².